The molecule has 0 spiro atoms. The number of hydrogen-bond donors (Lipinski definition) is 1. The fraction of sp³-hybridized carbons (Fsp3) is 1.00. The average Bonchev–Trinajstić information content (AvgIpc) is 2.85. The van der Waals surface area contributed by atoms with Crippen molar-refractivity contribution in [1.29, 1.82) is 0 Å². The highest BCUT2D eigenvalue weighted by Crippen LogP contribution is 2.28. The van der Waals surface area contributed by atoms with Crippen molar-refractivity contribution in [3.8, 4) is 0 Å². The number of likely N-dealkylation sites (N-methyl/N-ethyl adjacent to an activating group) is 3. The van der Waals surface area contributed by atoms with E-state index in [0.717, 1.165) is 18.0 Å². The maximum absolute atomic E-state index is 3.55. The van der Waals surface area contributed by atoms with Gasteiger partial charge in [-0.3, -0.25) is 4.90 Å². The van der Waals surface area contributed by atoms with Crippen LogP contribution in [0.15, 0.2) is 0 Å². The summed E-state index contributed by atoms with van der Waals surface area (Å²) in [5, 5.41) is 3.55. The van der Waals surface area contributed by atoms with E-state index in [-0.39, 0.29) is 0 Å². The molecule has 3 heteroatoms. The first-order valence-electron chi connectivity index (χ1n) is 8.27. The van der Waals surface area contributed by atoms with E-state index in [2.05, 4.69) is 43.1 Å². The van der Waals surface area contributed by atoms with Gasteiger partial charge in [0, 0.05) is 24.7 Å². The van der Waals surface area contributed by atoms with Crippen LogP contribution >= 0.6 is 0 Å². The zero-order valence-corrected chi connectivity index (χ0v) is 13.4. The minimum atomic E-state index is 0.692. The van der Waals surface area contributed by atoms with Crippen LogP contribution < -0.4 is 5.32 Å². The van der Waals surface area contributed by atoms with Crippen LogP contribution in [0.3, 0.4) is 0 Å². The van der Waals surface area contributed by atoms with Crippen molar-refractivity contribution in [1.82, 2.24) is 15.1 Å². The Morgan fingerprint density at radius 3 is 2.74 bits per heavy atom. The summed E-state index contributed by atoms with van der Waals surface area (Å²) in [5.74, 6) is 0.892. The van der Waals surface area contributed by atoms with Gasteiger partial charge < -0.3 is 10.2 Å². The van der Waals surface area contributed by atoms with Gasteiger partial charge in [-0.15, -0.1) is 0 Å². The topological polar surface area (TPSA) is 18.5 Å². The standard InChI is InChI=1S/C16H33N3/c1-5-19-10-6-7-14(19)12-18(4)16-11-13(2)8-9-15(16)17-3/h13-17H,5-12H2,1-4H3. The smallest absolute Gasteiger partial charge is 0.0249 e. The highest BCUT2D eigenvalue weighted by molar-refractivity contribution is 4.91. The summed E-state index contributed by atoms with van der Waals surface area (Å²) in [6.07, 6.45) is 6.88. The molecular formula is C16H33N3. The van der Waals surface area contributed by atoms with E-state index in [0.29, 0.717) is 6.04 Å². The molecule has 1 aliphatic heterocycles. The van der Waals surface area contributed by atoms with Crippen LogP contribution in [0.4, 0.5) is 0 Å². The molecule has 1 aliphatic carbocycles. The van der Waals surface area contributed by atoms with Crippen LogP contribution in [0.25, 0.3) is 0 Å². The maximum atomic E-state index is 3.55. The third-order valence-electron chi connectivity index (χ3n) is 5.42. The molecular weight excluding hydrogens is 234 g/mol. The summed E-state index contributed by atoms with van der Waals surface area (Å²) < 4.78 is 0. The zero-order chi connectivity index (χ0) is 13.8. The number of nitrogens with one attached hydrogen (secondary N) is 1. The monoisotopic (exact) mass is 267 g/mol. The SMILES string of the molecule is CCN1CCCC1CN(C)C1CC(C)CCC1NC. The molecule has 1 N–H and O–H groups in total. The Morgan fingerprint density at radius 2 is 2.05 bits per heavy atom. The van der Waals surface area contributed by atoms with E-state index in [1.165, 1.54) is 51.7 Å². The van der Waals surface area contributed by atoms with Crippen molar-refractivity contribution < 1.29 is 0 Å². The van der Waals surface area contributed by atoms with Crippen LogP contribution in [0, 0.1) is 5.92 Å². The molecule has 4 atom stereocenters. The number of nitrogens with zero attached hydrogens (tertiary/aromatic N) is 2. The molecule has 3 nitrogen and oxygen atoms in total. The van der Waals surface area contributed by atoms with Crippen LogP contribution in [0.5, 0.6) is 0 Å². The molecule has 19 heavy (non-hydrogen) atoms. The molecule has 0 aromatic heterocycles. The van der Waals surface area contributed by atoms with Gasteiger partial charge in [0.1, 0.15) is 0 Å². The lowest BCUT2D eigenvalue weighted by molar-refractivity contribution is 0.0999. The first-order valence-corrected chi connectivity index (χ1v) is 8.27. The van der Waals surface area contributed by atoms with Crippen molar-refractivity contribution in [2.45, 2.75) is 64.1 Å². The Hall–Kier alpha value is -0.120. The average molecular weight is 267 g/mol. The van der Waals surface area contributed by atoms with Gasteiger partial charge in [0.15, 0.2) is 0 Å². The summed E-state index contributed by atoms with van der Waals surface area (Å²) in [4.78, 5) is 5.31. The molecule has 0 amide bonds. The molecule has 2 rings (SSSR count). The number of hydrogen-bond acceptors (Lipinski definition) is 3. The Labute approximate surface area is 119 Å². The van der Waals surface area contributed by atoms with Gasteiger partial charge in [0.05, 0.1) is 0 Å². The first-order chi connectivity index (χ1) is 9.15. The van der Waals surface area contributed by atoms with Crippen molar-refractivity contribution in [2.75, 3.05) is 33.7 Å². The molecule has 0 radical (unpaired) electrons. The molecule has 1 heterocycles. The molecule has 4 unspecified atom stereocenters. The van der Waals surface area contributed by atoms with E-state index >= 15 is 0 Å². The van der Waals surface area contributed by atoms with Gasteiger partial charge in [-0.2, -0.15) is 0 Å². The van der Waals surface area contributed by atoms with E-state index in [9.17, 15) is 0 Å². The van der Waals surface area contributed by atoms with Crippen LogP contribution in [-0.2, 0) is 0 Å². The lowest BCUT2D eigenvalue weighted by Gasteiger charge is -2.42. The summed E-state index contributed by atoms with van der Waals surface area (Å²) in [6, 6.07) is 2.22. The van der Waals surface area contributed by atoms with Gasteiger partial charge >= 0.3 is 0 Å². The van der Waals surface area contributed by atoms with Gasteiger partial charge in [0.2, 0.25) is 0 Å². The van der Waals surface area contributed by atoms with Gasteiger partial charge in [-0.25, -0.2) is 0 Å². The van der Waals surface area contributed by atoms with E-state index in [1.807, 2.05) is 0 Å². The third-order valence-corrected chi connectivity index (χ3v) is 5.42. The molecule has 1 saturated heterocycles. The Morgan fingerprint density at radius 1 is 1.26 bits per heavy atom. The Kier molecular flexibility index (Phi) is 5.67. The predicted molar refractivity (Wildman–Crippen MR) is 82.5 cm³/mol. The minimum absolute atomic E-state index is 0.692. The van der Waals surface area contributed by atoms with Gasteiger partial charge in [-0.05, 0) is 65.2 Å². The van der Waals surface area contributed by atoms with Crippen LogP contribution in [-0.4, -0.2) is 61.7 Å². The normalized spacial score (nSPS) is 37.1. The lowest BCUT2D eigenvalue weighted by Crippen LogP contribution is -2.53. The van der Waals surface area contributed by atoms with Gasteiger partial charge in [0.25, 0.3) is 0 Å². The summed E-state index contributed by atoms with van der Waals surface area (Å²) >= 11 is 0. The number of likely N-dealkylation sites (tertiary alicyclic amines) is 1. The Balaban J connectivity index is 1.91. The van der Waals surface area contributed by atoms with E-state index in [1.54, 1.807) is 0 Å². The second kappa shape index (κ2) is 7.05. The van der Waals surface area contributed by atoms with Crippen molar-refractivity contribution in [3.63, 3.8) is 0 Å². The summed E-state index contributed by atoms with van der Waals surface area (Å²) in [6.45, 7) is 8.50. The number of rotatable bonds is 5. The summed E-state index contributed by atoms with van der Waals surface area (Å²) in [7, 11) is 4.48. The largest absolute Gasteiger partial charge is 0.315 e. The molecule has 0 aromatic carbocycles. The highest BCUT2D eigenvalue weighted by atomic mass is 15.2. The quantitative estimate of drug-likeness (QED) is 0.824. The maximum Gasteiger partial charge on any atom is 0.0249 e. The first kappa shape index (κ1) is 15.3. The second-order valence-corrected chi connectivity index (χ2v) is 6.74. The molecule has 1 saturated carbocycles. The van der Waals surface area contributed by atoms with Crippen molar-refractivity contribution in [3.05, 3.63) is 0 Å². The second-order valence-electron chi connectivity index (χ2n) is 6.74. The van der Waals surface area contributed by atoms with E-state index < -0.39 is 0 Å². The summed E-state index contributed by atoms with van der Waals surface area (Å²) in [5.41, 5.74) is 0. The van der Waals surface area contributed by atoms with Crippen molar-refractivity contribution >= 4 is 0 Å². The molecule has 2 aliphatic rings. The minimum Gasteiger partial charge on any atom is -0.315 e. The zero-order valence-electron chi connectivity index (χ0n) is 13.4. The molecule has 2 fully saturated rings. The van der Waals surface area contributed by atoms with E-state index in [4.69, 9.17) is 0 Å². The fourth-order valence-electron chi connectivity index (χ4n) is 4.16. The lowest BCUT2D eigenvalue weighted by atomic mass is 9.82. The third kappa shape index (κ3) is 3.71. The molecule has 0 aromatic rings. The van der Waals surface area contributed by atoms with Crippen LogP contribution in [0.1, 0.15) is 46.0 Å². The fourth-order valence-corrected chi connectivity index (χ4v) is 4.16. The van der Waals surface area contributed by atoms with Crippen molar-refractivity contribution in [2.24, 2.45) is 5.92 Å². The Bertz CT molecular complexity index is 269. The predicted octanol–water partition coefficient (Wildman–Crippen LogP) is 2.18. The highest BCUT2D eigenvalue weighted by Gasteiger charge is 2.33. The van der Waals surface area contributed by atoms with Crippen LogP contribution in [0.2, 0.25) is 0 Å². The molecule has 112 valence electrons. The van der Waals surface area contributed by atoms with Gasteiger partial charge in [-0.1, -0.05) is 13.8 Å². The molecule has 0 bridgehead atoms.